The molecule has 0 spiro atoms. The van der Waals surface area contributed by atoms with Crippen molar-refractivity contribution in [3.63, 3.8) is 0 Å². The van der Waals surface area contributed by atoms with E-state index in [0.717, 1.165) is 24.4 Å². The highest BCUT2D eigenvalue weighted by atomic mass is 16.2. The minimum atomic E-state index is -0.347. The van der Waals surface area contributed by atoms with Crippen molar-refractivity contribution in [2.75, 3.05) is 6.54 Å². The van der Waals surface area contributed by atoms with E-state index in [0.29, 0.717) is 13.1 Å². The Kier molecular flexibility index (Phi) is 4.05. The van der Waals surface area contributed by atoms with Gasteiger partial charge in [-0.3, -0.25) is 9.48 Å². The number of benzene rings is 1. The van der Waals surface area contributed by atoms with Crippen molar-refractivity contribution in [1.29, 1.82) is 0 Å². The average molecular weight is 336 g/mol. The summed E-state index contributed by atoms with van der Waals surface area (Å²) >= 11 is 0. The van der Waals surface area contributed by atoms with Gasteiger partial charge in [0.1, 0.15) is 18.7 Å². The number of carbonyl (C=O) groups excluding carboxylic acids is 1. The molecule has 1 aliphatic rings. The number of nitrogens with zero attached hydrogens (tertiary/aromatic N) is 6. The lowest BCUT2D eigenvalue weighted by Crippen LogP contribution is -2.41. The van der Waals surface area contributed by atoms with Gasteiger partial charge in [0.2, 0.25) is 5.91 Å². The lowest BCUT2D eigenvalue weighted by Gasteiger charge is -2.29. The molecule has 0 bridgehead atoms. The molecule has 1 aromatic carbocycles. The quantitative estimate of drug-likeness (QED) is 0.727. The first-order chi connectivity index (χ1) is 12.2. The molecular weight excluding hydrogens is 316 g/mol. The van der Waals surface area contributed by atoms with Crippen LogP contribution in [0.4, 0.5) is 0 Å². The molecule has 3 heterocycles. The fraction of sp³-hybridized carbons (Fsp3) is 0.333. The zero-order chi connectivity index (χ0) is 17.2. The maximum absolute atomic E-state index is 12.7. The summed E-state index contributed by atoms with van der Waals surface area (Å²) in [6.45, 7) is 3.82. The number of hydrogen-bond acceptors (Lipinski definition) is 4. The van der Waals surface area contributed by atoms with E-state index in [9.17, 15) is 4.79 Å². The monoisotopic (exact) mass is 336 g/mol. The zero-order valence-electron chi connectivity index (χ0n) is 14.1. The molecule has 1 atom stereocenters. The molecule has 0 saturated carbocycles. The van der Waals surface area contributed by atoms with Crippen LogP contribution in [0.5, 0.6) is 0 Å². The van der Waals surface area contributed by atoms with Crippen molar-refractivity contribution < 1.29 is 4.79 Å². The summed E-state index contributed by atoms with van der Waals surface area (Å²) < 4.78 is 3.61. The van der Waals surface area contributed by atoms with Gasteiger partial charge in [0.05, 0.1) is 24.5 Å². The Bertz CT molecular complexity index is 855. The number of carbonyl (C=O) groups is 1. The first-order valence-electron chi connectivity index (χ1n) is 8.43. The lowest BCUT2D eigenvalue weighted by atomic mass is 10.1. The molecule has 128 valence electrons. The second-order valence-electron chi connectivity index (χ2n) is 6.32. The smallest absolute Gasteiger partial charge is 0.247 e. The molecule has 1 aliphatic heterocycles. The van der Waals surface area contributed by atoms with Crippen LogP contribution in [-0.4, -0.2) is 41.9 Å². The maximum atomic E-state index is 12.7. The molecule has 0 unspecified atom stereocenters. The molecule has 25 heavy (non-hydrogen) atoms. The van der Waals surface area contributed by atoms with Crippen LogP contribution in [0.1, 0.15) is 29.9 Å². The van der Waals surface area contributed by atoms with E-state index in [1.165, 1.54) is 11.9 Å². The number of hydrogen-bond donors (Lipinski definition) is 0. The van der Waals surface area contributed by atoms with E-state index in [2.05, 4.69) is 33.4 Å². The highest BCUT2D eigenvalue weighted by Gasteiger charge is 2.27. The fourth-order valence-electron chi connectivity index (χ4n) is 3.20. The number of aromatic nitrogens is 5. The lowest BCUT2D eigenvalue weighted by molar-refractivity contribution is -0.136. The van der Waals surface area contributed by atoms with Crippen LogP contribution in [0.3, 0.4) is 0 Å². The van der Waals surface area contributed by atoms with Gasteiger partial charge in [0.25, 0.3) is 0 Å². The molecule has 4 rings (SSSR count). The predicted octanol–water partition coefficient (Wildman–Crippen LogP) is 1.67. The third-order valence-corrected chi connectivity index (χ3v) is 4.58. The van der Waals surface area contributed by atoms with Gasteiger partial charge in [0, 0.05) is 13.0 Å². The van der Waals surface area contributed by atoms with Gasteiger partial charge in [-0.2, -0.15) is 10.2 Å². The normalized spacial score (nSPS) is 15.0. The summed E-state index contributed by atoms with van der Waals surface area (Å²) in [5.41, 5.74) is 3.36. The van der Waals surface area contributed by atoms with Gasteiger partial charge in [-0.25, -0.2) is 9.67 Å². The second kappa shape index (κ2) is 6.51. The molecule has 7 nitrogen and oxygen atoms in total. The molecule has 1 amide bonds. The number of rotatable bonds is 4. The van der Waals surface area contributed by atoms with E-state index >= 15 is 0 Å². The first-order valence-corrected chi connectivity index (χ1v) is 8.43. The SMILES string of the molecule is C[C@H](C(=O)N1CCn2nc(Cc3ccccc3)cc2C1)n1cncn1. The van der Waals surface area contributed by atoms with Crippen LogP contribution < -0.4 is 0 Å². The van der Waals surface area contributed by atoms with Crippen LogP contribution in [0, 0.1) is 0 Å². The van der Waals surface area contributed by atoms with Gasteiger partial charge in [0.15, 0.2) is 0 Å². The number of amides is 1. The fourth-order valence-corrected chi connectivity index (χ4v) is 3.20. The van der Waals surface area contributed by atoms with E-state index in [4.69, 9.17) is 0 Å². The van der Waals surface area contributed by atoms with Gasteiger partial charge < -0.3 is 4.90 Å². The summed E-state index contributed by atoms with van der Waals surface area (Å²) in [7, 11) is 0. The molecule has 7 heteroatoms. The Morgan fingerprint density at radius 2 is 2.08 bits per heavy atom. The molecular formula is C18H20N6O. The Labute approximate surface area is 145 Å². The largest absolute Gasteiger partial charge is 0.333 e. The molecule has 0 radical (unpaired) electrons. The van der Waals surface area contributed by atoms with Crippen LogP contribution in [-0.2, 0) is 24.3 Å². The van der Waals surface area contributed by atoms with Crippen LogP contribution in [0.15, 0.2) is 49.1 Å². The number of fused-ring (bicyclic) bond motifs is 1. The predicted molar refractivity (Wildman–Crippen MR) is 91.6 cm³/mol. The Morgan fingerprint density at radius 1 is 1.24 bits per heavy atom. The molecule has 0 aliphatic carbocycles. The summed E-state index contributed by atoms with van der Waals surface area (Å²) in [5, 5.41) is 8.75. The van der Waals surface area contributed by atoms with Crippen molar-refractivity contribution in [2.24, 2.45) is 0 Å². The topological polar surface area (TPSA) is 68.8 Å². The van der Waals surface area contributed by atoms with Crippen molar-refractivity contribution in [1.82, 2.24) is 29.4 Å². The maximum Gasteiger partial charge on any atom is 0.247 e. The molecule has 0 N–H and O–H groups in total. The van der Waals surface area contributed by atoms with E-state index in [1.807, 2.05) is 34.7 Å². The summed E-state index contributed by atoms with van der Waals surface area (Å²) in [5.74, 6) is 0.0579. The summed E-state index contributed by atoms with van der Waals surface area (Å²) in [6, 6.07) is 12.1. The highest BCUT2D eigenvalue weighted by Crippen LogP contribution is 2.19. The third kappa shape index (κ3) is 3.17. The van der Waals surface area contributed by atoms with Crippen molar-refractivity contribution in [3.8, 4) is 0 Å². The van der Waals surface area contributed by atoms with Gasteiger partial charge in [-0.05, 0) is 18.6 Å². The van der Waals surface area contributed by atoms with Crippen molar-refractivity contribution in [2.45, 2.75) is 32.5 Å². The third-order valence-electron chi connectivity index (χ3n) is 4.58. The van der Waals surface area contributed by atoms with Crippen LogP contribution in [0.25, 0.3) is 0 Å². The minimum Gasteiger partial charge on any atom is -0.333 e. The van der Waals surface area contributed by atoms with E-state index in [1.54, 1.807) is 11.0 Å². The van der Waals surface area contributed by atoms with Gasteiger partial charge in [-0.15, -0.1) is 0 Å². The zero-order valence-corrected chi connectivity index (χ0v) is 14.1. The Hall–Kier alpha value is -2.96. The summed E-state index contributed by atoms with van der Waals surface area (Å²) in [6.07, 6.45) is 3.84. The molecule has 3 aromatic rings. The molecule has 2 aromatic heterocycles. The first kappa shape index (κ1) is 15.6. The molecule has 0 fully saturated rings. The summed E-state index contributed by atoms with van der Waals surface area (Å²) in [4.78, 5) is 18.5. The second-order valence-corrected chi connectivity index (χ2v) is 6.32. The molecule has 0 saturated heterocycles. The standard InChI is InChI=1S/C18H20N6O/c1-14(24-13-19-12-20-24)18(25)22-7-8-23-17(11-22)10-16(21-23)9-15-5-3-2-4-6-15/h2-6,10,12-14H,7-9,11H2,1H3/t14-/m1/s1. The highest BCUT2D eigenvalue weighted by molar-refractivity contribution is 5.80. The Balaban J connectivity index is 1.47. The van der Waals surface area contributed by atoms with Crippen LogP contribution >= 0.6 is 0 Å². The average Bonchev–Trinajstić information content (AvgIpc) is 3.30. The van der Waals surface area contributed by atoms with Gasteiger partial charge in [-0.1, -0.05) is 30.3 Å². The minimum absolute atomic E-state index is 0.0579. The Morgan fingerprint density at radius 3 is 2.84 bits per heavy atom. The van der Waals surface area contributed by atoms with Crippen LogP contribution in [0.2, 0.25) is 0 Å². The van der Waals surface area contributed by atoms with E-state index in [-0.39, 0.29) is 11.9 Å². The van der Waals surface area contributed by atoms with E-state index < -0.39 is 0 Å². The van der Waals surface area contributed by atoms with Crippen molar-refractivity contribution in [3.05, 3.63) is 66.0 Å². The van der Waals surface area contributed by atoms with Crippen molar-refractivity contribution >= 4 is 5.91 Å². The van der Waals surface area contributed by atoms with Gasteiger partial charge >= 0.3 is 0 Å².